The Kier molecular flexibility index (Phi) is 10.8. The van der Waals surface area contributed by atoms with Gasteiger partial charge in [-0.05, 0) is 31.0 Å². The summed E-state index contributed by atoms with van der Waals surface area (Å²) in [5, 5.41) is 14.0. The first-order chi connectivity index (χ1) is 15.1. The van der Waals surface area contributed by atoms with E-state index in [-0.39, 0.29) is 48.2 Å². The molecular formula is C21H31FIN7O2. The quantitative estimate of drug-likeness (QED) is 0.186. The minimum absolute atomic E-state index is 0. The molecular weight excluding hydrogens is 528 g/mol. The fourth-order valence-corrected chi connectivity index (χ4v) is 3.44. The Morgan fingerprint density at radius 3 is 2.97 bits per heavy atom. The molecule has 0 saturated carbocycles. The number of halogens is 2. The van der Waals surface area contributed by atoms with Gasteiger partial charge in [0.25, 0.3) is 0 Å². The molecule has 2 heterocycles. The summed E-state index contributed by atoms with van der Waals surface area (Å²) in [6.45, 7) is 4.70. The zero-order valence-electron chi connectivity index (χ0n) is 18.4. The Morgan fingerprint density at radius 1 is 1.38 bits per heavy atom. The standard InChI is InChI=1S/C21H30FN7O2.HI/c1-3-23-21(25-10-9-24-20(30)12-15-5-4-6-16(22)11-15)26-17-7-8-19-27-18(14-31-2)28-29(19)13-17;/h4-6,11,17H,3,7-10,12-14H2,1-2H3,(H,24,30)(H2,23,25,26);1H. The maximum Gasteiger partial charge on any atom is 0.224 e. The van der Waals surface area contributed by atoms with E-state index in [2.05, 4.69) is 31.0 Å². The molecule has 1 atom stereocenters. The average molecular weight is 559 g/mol. The Morgan fingerprint density at radius 2 is 2.22 bits per heavy atom. The van der Waals surface area contributed by atoms with E-state index in [0.717, 1.165) is 25.2 Å². The van der Waals surface area contributed by atoms with Crippen molar-refractivity contribution in [2.24, 2.45) is 4.99 Å². The molecule has 1 aromatic heterocycles. The van der Waals surface area contributed by atoms with Gasteiger partial charge in [0.05, 0.1) is 19.5 Å². The largest absolute Gasteiger partial charge is 0.377 e. The van der Waals surface area contributed by atoms with Crippen LogP contribution in [0.1, 0.15) is 30.6 Å². The van der Waals surface area contributed by atoms with E-state index >= 15 is 0 Å². The second-order valence-corrected chi connectivity index (χ2v) is 7.36. The van der Waals surface area contributed by atoms with E-state index in [1.165, 1.54) is 12.1 Å². The molecule has 176 valence electrons. The van der Waals surface area contributed by atoms with Crippen LogP contribution in [-0.2, 0) is 35.5 Å². The number of carbonyl (C=O) groups is 1. The van der Waals surface area contributed by atoms with Crippen LogP contribution in [0.25, 0.3) is 0 Å². The Bertz CT molecular complexity index is 906. The van der Waals surface area contributed by atoms with Crippen molar-refractivity contribution in [3.63, 3.8) is 0 Å². The second-order valence-electron chi connectivity index (χ2n) is 7.36. The van der Waals surface area contributed by atoms with Crippen molar-refractivity contribution in [3.05, 3.63) is 47.3 Å². The van der Waals surface area contributed by atoms with Gasteiger partial charge in [0.2, 0.25) is 5.91 Å². The van der Waals surface area contributed by atoms with Crippen LogP contribution >= 0.6 is 24.0 Å². The van der Waals surface area contributed by atoms with Gasteiger partial charge in [-0.1, -0.05) is 12.1 Å². The van der Waals surface area contributed by atoms with Gasteiger partial charge in [0, 0.05) is 32.7 Å². The third-order valence-corrected chi connectivity index (χ3v) is 4.82. The minimum atomic E-state index is -0.341. The molecule has 0 spiro atoms. The van der Waals surface area contributed by atoms with Crippen LogP contribution in [0.5, 0.6) is 0 Å². The number of aromatic nitrogens is 3. The van der Waals surface area contributed by atoms with Gasteiger partial charge in [0.15, 0.2) is 11.8 Å². The number of nitrogens with one attached hydrogen (secondary N) is 3. The number of guanidine groups is 1. The molecule has 9 nitrogen and oxygen atoms in total. The smallest absolute Gasteiger partial charge is 0.224 e. The number of methoxy groups -OCH3 is 1. The maximum atomic E-state index is 13.2. The van der Waals surface area contributed by atoms with Crippen molar-refractivity contribution >= 4 is 35.8 Å². The predicted octanol–water partition coefficient (Wildman–Crippen LogP) is 1.41. The third-order valence-electron chi connectivity index (χ3n) is 4.82. The SMILES string of the molecule is CCNC(=NCCNC(=O)Cc1cccc(F)c1)NC1CCc2nc(COC)nn2C1.I. The lowest BCUT2D eigenvalue weighted by molar-refractivity contribution is -0.120. The number of rotatable bonds is 9. The van der Waals surface area contributed by atoms with E-state index in [0.29, 0.717) is 43.6 Å². The van der Waals surface area contributed by atoms with Gasteiger partial charge >= 0.3 is 0 Å². The zero-order chi connectivity index (χ0) is 22.1. The normalized spacial score (nSPS) is 15.5. The second kappa shape index (κ2) is 13.3. The third kappa shape index (κ3) is 8.01. The van der Waals surface area contributed by atoms with E-state index < -0.39 is 0 Å². The molecule has 0 fully saturated rings. The lowest BCUT2D eigenvalue weighted by Crippen LogP contribution is -2.47. The number of aliphatic imine (C=N–C) groups is 1. The van der Waals surface area contributed by atoms with Crippen LogP contribution in [-0.4, -0.2) is 59.4 Å². The fourth-order valence-electron chi connectivity index (χ4n) is 3.44. The molecule has 0 saturated heterocycles. The van der Waals surface area contributed by atoms with Crippen LogP contribution in [0.4, 0.5) is 4.39 Å². The molecule has 32 heavy (non-hydrogen) atoms. The molecule has 1 aromatic carbocycles. The monoisotopic (exact) mass is 559 g/mol. The highest BCUT2D eigenvalue weighted by atomic mass is 127. The number of fused-ring (bicyclic) bond motifs is 1. The van der Waals surface area contributed by atoms with Crippen LogP contribution in [0.3, 0.4) is 0 Å². The molecule has 3 rings (SSSR count). The Hall–Kier alpha value is -2.28. The zero-order valence-corrected chi connectivity index (χ0v) is 20.8. The molecule has 1 aliphatic rings. The summed E-state index contributed by atoms with van der Waals surface area (Å²) in [6.07, 6.45) is 1.91. The lowest BCUT2D eigenvalue weighted by atomic mass is 10.1. The molecule has 2 aromatic rings. The highest BCUT2D eigenvalue weighted by Gasteiger charge is 2.22. The van der Waals surface area contributed by atoms with Crippen molar-refractivity contribution in [1.82, 2.24) is 30.7 Å². The predicted molar refractivity (Wildman–Crippen MR) is 130 cm³/mol. The van der Waals surface area contributed by atoms with E-state index in [1.54, 1.807) is 19.2 Å². The number of aryl methyl sites for hydroxylation is 1. The number of benzene rings is 1. The molecule has 0 radical (unpaired) electrons. The minimum Gasteiger partial charge on any atom is -0.377 e. The van der Waals surface area contributed by atoms with Crippen LogP contribution < -0.4 is 16.0 Å². The van der Waals surface area contributed by atoms with Gasteiger partial charge in [-0.25, -0.2) is 14.1 Å². The summed E-state index contributed by atoms with van der Waals surface area (Å²) in [6, 6.07) is 6.25. The van der Waals surface area contributed by atoms with Crippen molar-refractivity contribution in [2.45, 2.75) is 45.4 Å². The van der Waals surface area contributed by atoms with Crippen molar-refractivity contribution in [2.75, 3.05) is 26.7 Å². The highest BCUT2D eigenvalue weighted by molar-refractivity contribution is 14.0. The topological polar surface area (TPSA) is 105 Å². The molecule has 1 amide bonds. The summed E-state index contributed by atoms with van der Waals surface area (Å²) in [4.78, 5) is 21.1. The summed E-state index contributed by atoms with van der Waals surface area (Å²) < 4.78 is 20.2. The van der Waals surface area contributed by atoms with Gasteiger partial charge in [-0.2, -0.15) is 5.10 Å². The fraction of sp³-hybridized carbons (Fsp3) is 0.524. The van der Waals surface area contributed by atoms with Crippen molar-refractivity contribution < 1.29 is 13.9 Å². The first kappa shape index (κ1) is 26.0. The molecule has 0 aliphatic carbocycles. The van der Waals surface area contributed by atoms with Crippen molar-refractivity contribution in [3.8, 4) is 0 Å². The molecule has 0 bridgehead atoms. The number of hydrogen-bond donors (Lipinski definition) is 3. The lowest BCUT2D eigenvalue weighted by Gasteiger charge is -2.25. The van der Waals surface area contributed by atoms with Gasteiger partial charge in [-0.3, -0.25) is 9.79 Å². The maximum absolute atomic E-state index is 13.2. The number of amides is 1. The average Bonchev–Trinajstić information content (AvgIpc) is 3.13. The van der Waals surface area contributed by atoms with E-state index in [1.807, 2.05) is 11.6 Å². The Labute approximate surface area is 204 Å². The van der Waals surface area contributed by atoms with Crippen molar-refractivity contribution in [1.29, 1.82) is 0 Å². The van der Waals surface area contributed by atoms with Crippen LogP contribution in [0.2, 0.25) is 0 Å². The summed E-state index contributed by atoms with van der Waals surface area (Å²) >= 11 is 0. The van der Waals surface area contributed by atoms with Gasteiger partial charge in [-0.15, -0.1) is 24.0 Å². The molecule has 3 N–H and O–H groups in total. The van der Waals surface area contributed by atoms with E-state index in [4.69, 9.17) is 4.74 Å². The molecule has 1 unspecified atom stereocenters. The molecule has 11 heteroatoms. The van der Waals surface area contributed by atoms with Gasteiger partial charge in [0.1, 0.15) is 18.2 Å². The molecule has 1 aliphatic heterocycles. The highest BCUT2D eigenvalue weighted by Crippen LogP contribution is 2.13. The van der Waals surface area contributed by atoms with E-state index in [9.17, 15) is 9.18 Å². The number of ether oxygens (including phenoxy) is 1. The Balaban J connectivity index is 0.00000363. The number of nitrogens with zero attached hydrogens (tertiary/aromatic N) is 4. The summed E-state index contributed by atoms with van der Waals surface area (Å²) in [5.41, 5.74) is 0.648. The summed E-state index contributed by atoms with van der Waals surface area (Å²) in [7, 11) is 1.63. The first-order valence-corrected chi connectivity index (χ1v) is 10.5. The number of hydrogen-bond acceptors (Lipinski definition) is 5. The van der Waals surface area contributed by atoms with Crippen LogP contribution in [0.15, 0.2) is 29.3 Å². The van der Waals surface area contributed by atoms with Gasteiger partial charge < -0.3 is 20.7 Å². The summed E-state index contributed by atoms with van der Waals surface area (Å²) in [5.74, 6) is 1.89. The first-order valence-electron chi connectivity index (χ1n) is 10.5. The number of carbonyl (C=O) groups excluding carboxylic acids is 1. The van der Waals surface area contributed by atoms with Crippen LogP contribution in [0, 0.1) is 5.82 Å².